The summed E-state index contributed by atoms with van der Waals surface area (Å²) in [6.45, 7) is 5.48. The van der Waals surface area contributed by atoms with Gasteiger partial charge in [-0.1, -0.05) is 19.1 Å². The average Bonchev–Trinajstić information content (AvgIpc) is 2.93. The van der Waals surface area contributed by atoms with E-state index >= 15 is 0 Å². The molecule has 2 aromatic rings. The smallest absolute Gasteiger partial charge is 0.339 e. The standard InChI is InChI=1S/C19H24N2O4/c1-6-15(13-7-9-14(24-4)10-8-13)21-18(22)17-11(2)16(12(3)20-17)19(23)25-5/h7-10,15,20H,6H2,1-5H3,(H,21,22). The molecule has 0 aliphatic carbocycles. The van der Waals surface area contributed by atoms with Crippen molar-refractivity contribution in [1.82, 2.24) is 10.3 Å². The Hall–Kier alpha value is -2.76. The van der Waals surface area contributed by atoms with E-state index < -0.39 is 5.97 Å². The lowest BCUT2D eigenvalue weighted by Crippen LogP contribution is -2.29. The maximum atomic E-state index is 12.7. The molecule has 25 heavy (non-hydrogen) atoms. The summed E-state index contributed by atoms with van der Waals surface area (Å²) in [5.74, 6) is 0.0643. The second kappa shape index (κ2) is 7.88. The van der Waals surface area contributed by atoms with Crippen LogP contribution in [-0.2, 0) is 4.74 Å². The number of ether oxygens (including phenoxy) is 2. The molecule has 0 spiro atoms. The minimum absolute atomic E-state index is 0.136. The highest BCUT2D eigenvalue weighted by molar-refractivity contribution is 6.00. The van der Waals surface area contributed by atoms with E-state index in [0.29, 0.717) is 22.5 Å². The number of aromatic nitrogens is 1. The van der Waals surface area contributed by atoms with Crippen molar-refractivity contribution in [3.05, 3.63) is 52.3 Å². The van der Waals surface area contributed by atoms with E-state index in [2.05, 4.69) is 10.3 Å². The first kappa shape index (κ1) is 18.6. The van der Waals surface area contributed by atoms with Crippen molar-refractivity contribution < 1.29 is 19.1 Å². The Morgan fingerprint density at radius 2 is 1.80 bits per heavy atom. The lowest BCUT2D eigenvalue weighted by molar-refractivity contribution is 0.0599. The van der Waals surface area contributed by atoms with Crippen LogP contribution in [0.1, 0.15) is 57.1 Å². The summed E-state index contributed by atoms with van der Waals surface area (Å²) in [5, 5.41) is 3.01. The molecule has 0 bridgehead atoms. The second-order valence-corrected chi connectivity index (χ2v) is 5.82. The molecule has 0 radical (unpaired) electrons. The minimum atomic E-state index is -0.451. The first-order valence-corrected chi connectivity index (χ1v) is 8.15. The van der Waals surface area contributed by atoms with E-state index in [0.717, 1.165) is 17.7 Å². The van der Waals surface area contributed by atoms with Gasteiger partial charge in [0.15, 0.2) is 0 Å². The number of methoxy groups -OCH3 is 2. The quantitative estimate of drug-likeness (QED) is 0.788. The molecule has 1 unspecified atom stereocenters. The molecule has 1 aromatic carbocycles. The van der Waals surface area contributed by atoms with Crippen LogP contribution in [0.15, 0.2) is 24.3 Å². The third-order valence-corrected chi connectivity index (χ3v) is 4.29. The van der Waals surface area contributed by atoms with Crippen LogP contribution in [0.4, 0.5) is 0 Å². The number of benzene rings is 1. The fourth-order valence-electron chi connectivity index (χ4n) is 2.87. The van der Waals surface area contributed by atoms with Gasteiger partial charge >= 0.3 is 5.97 Å². The number of carbonyl (C=O) groups is 2. The lowest BCUT2D eigenvalue weighted by Gasteiger charge is -2.17. The summed E-state index contributed by atoms with van der Waals surface area (Å²) in [7, 11) is 2.94. The number of aryl methyl sites for hydroxylation is 1. The molecule has 6 heteroatoms. The summed E-state index contributed by atoms with van der Waals surface area (Å²) in [5.41, 5.74) is 2.99. The van der Waals surface area contributed by atoms with E-state index in [1.807, 2.05) is 31.2 Å². The molecular formula is C19H24N2O4. The van der Waals surface area contributed by atoms with Gasteiger partial charge in [0.05, 0.1) is 25.8 Å². The molecule has 1 heterocycles. The van der Waals surface area contributed by atoms with Gasteiger partial charge in [-0.2, -0.15) is 0 Å². The summed E-state index contributed by atoms with van der Waals surface area (Å²) >= 11 is 0. The Labute approximate surface area is 147 Å². The van der Waals surface area contributed by atoms with Crippen LogP contribution >= 0.6 is 0 Å². The van der Waals surface area contributed by atoms with Crippen molar-refractivity contribution >= 4 is 11.9 Å². The molecule has 1 atom stereocenters. The maximum absolute atomic E-state index is 12.7. The van der Waals surface area contributed by atoms with Gasteiger partial charge in [-0.25, -0.2) is 4.79 Å². The Kier molecular flexibility index (Phi) is 5.85. The highest BCUT2D eigenvalue weighted by Crippen LogP contribution is 2.23. The predicted octanol–water partition coefficient (Wildman–Crippen LogP) is 3.31. The zero-order valence-electron chi connectivity index (χ0n) is 15.2. The highest BCUT2D eigenvalue weighted by atomic mass is 16.5. The molecule has 2 rings (SSSR count). The molecule has 0 aliphatic rings. The lowest BCUT2D eigenvalue weighted by atomic mass is 10.0. The van der Waals surface area contributed by atoms with Gasteiger partial charge in [-0.05, 0) is 43.5 Å². The number of rotatable bonds is 6. The van der Waals surface area contributed by atoms with Crippen molar-refractivity contribution in [2.75, 3.05) is 14.2 Å². The molecule has 2 N–H and O–H groups in total. The second-order valence-electron chi connectivity index (χ2n) is 5.82. The van der Waals surface area contributed by atoms with Gasteiger partial charge in [0.1, 0.15) is 11.4 Å². The molecule has 0 saturated heterocycles. The third kappa shape index (κ3) is 3.84. The van der Waals surface area contributed by atoms with Gasteiger partial charge in [-0.3, -0.25) is 4.79 Å². The van der Waals surface area contributed by atoms with E-state index in [-0.39, 0.29) is 11.9 Å². The van der Waals surface area contributed by atoms with Crippen LogP contribution in [0.3, 0.4) is 0 Å². The Bertz CT molecular complexity index is 762. The highest BCUT2D eigenvalue weighted by Gasteiger charge is 2.24. The van der Waals surface area contributed by atoms with Gasteiger partial charge in [0.25, 0.3) is 5.91 Å². The minimum Gasteiger partial charge on any atom is -0.497 e. The number of H-pyrrole nitrogens is 1. The van der Waals surface area contributed by atoms with Crippen LogP contribution in [0.5, 0.6) is 5.75 Å². The summed E-state index contributed by atoms with van der Waals surface area (Å²) < 4.78 is 9.94. The number of amides is 1. The van der Waals surface area contributed by atoms with Crippen LogP contribution in [-0.4, -0.2) is 31.1 Å². The third-order valence-electron chi connectivity index (χ3n) is 4.29. The zero-order chi connectivity index (χ0) is 18.6. The Balaban J connectivity index is 2.23. The molecular weight excluding hydrogens is 320 g/mol. The van der Waals surface area contributed by atoms with Gasteiger partial charge in [0.2, 0.25) is 0 Å². The first-order valence-electron chi connectivity index (χ1n) is 8.15. The Morgan fingerprint density at radius 3 is 2.32 bits per heavy atom. The largest absolute Gasteiger partial charge is 0.497 e. The van der Waals surface area contributed by atoms with E-state index in [4.69, 9.17) is 9.47 Å². The molecule has 0 fully saturated rings. The average molecular weight is 344 g/mol. The van der Waals surface area contributed by atoms with E-state index in [1.165, 1.54) is 7.11 Å². The van der Waals surface area contributed by atoms with Crippen molar-refractivity contribution in [1.29, 1.82) is 0 Å². The molecule has 1 amide bonds. The number of hydrogen-bond acceptors (Lipinski definition) is 4. The first-order chi connectivity index (χ1) is 11.9. The molecule has 134 valence electrons. The molecule has 0 aliphatic heterocycles. The fourth-order valence-corrected chi connectivity index (χ4v) is 2.87. The van der Waals surface area contributed by atoms with Crippen LogP contribution in [0.2, 0.25) is 0 Å². The summed E-state index contributed by atoms with van der Waals surface area (Å²) in [4.78, 5) is 27.5. The van der Waals surface area contributed by atoms with Gasteiger partial charge in [-0.15, -0.1) is 0 Å². The topological polar surface area (TPSA) is 80.4 Å². The van der Waals surface area contributed by atoms with Crippen molar-refractivity contribution in [2.45, 2.75) is 33.2 Å². The monoisotopic (exact) mass is 344 g/mol. The van der Waals surface area contributed by atoms with E-state index in [1.54, 1.807) is 21.0 Å². The summed E-state index contributed by atoms with van der Waals surface area (Å²) in [6, 6.07) is 7.45. The molecule has 1 aromatic heterocycles. The normalized spacial score (nSPS) is 11.7. The zero-order valence-corrected chi connectivity index (χ0v) is 15.2. The number of nitrogens with one attached hydrogen (secondary N) is 2. The van der Waals surface area contributed by atoms with Crippen molar-refractivity contribution in [3.8, 4) is 5.75 Å². The summed E-state index contributed by atoms with van der Waals surface area (Å²) in [6.07, 6.45) is 0.737. The van der Waals surface area contributed by atoms with Crippen molar-refractivity contribution in [3.63, 3.8) is 0 Å². The SMILES string of the molecule is CCC(NC(=O)c1[nH]c(C)c(C(=O)OC)c1C)c1ccc(OC)cc1. The number of esters is 1. The number of aromatic amines is 1. The van der Waals surface area contributed by atoms with E-state index in [9.17, 15) is 9.59 Å². The fraction of sp³-hybridized carbons (Fsp3) is 0.368. The van der Waals surface area contributed by atoms with Crippen LogP contribution in [0.25, 0.3) is 0 Å². The number of hydrogen-bond donors (Lipinski definition) is 2. The molecule has 6 nitrogen and oxygen atoms in total. The van der Waals surface area contributed by atoms with Crippen LogP contribution < -0.4 is 10.1 Å². The molecule has 0 saturated carbocycles. The Morgan fingerprint density at radius 1 is 1.16 bits per heavy atom. The number of carbonyl (C=O) groups excluding carboxylic acids is 2. The maximum Gasteiger partial charge on any atom is 0.339 e. The van der Waals surface area contributed by atoms with Gasteiger partial charge in [0, 0.05) is 5.69 Å². The van der Waals surface area contributed by atoms with Gasteiger partial charge < -0.3 is 19.8 Å². The van der Waals surface area contributed by atoms with Crippen LogP contribution in [0, 0.1) is 13.8 Å². The van der Waals surface area contributed by atoms with Crippen molar-refractivity contribution in [2.24, 2.45) is 0 Å². The predicted molar refractivity (Wildman–Crippen MR) is 95.1 cm³/mol.